The molecule has 0 saturated heterocycles. The topological polar surface area (TPSA) is 52.8 Å². The summed E-state index contributed by atoms with van der Waals surface area (Å²) in [5, 5.41) is 7.73. The second-order valence-electron chi connectivity index (χ2n) is 2.68. The first kappa shape index (κ1) is 9.21. The van der Waals surface area contributed by atoms with Crippen molar-refractivity contribution in [1.82, 2.24) is 20.0 Å². The van der Waals surface area contributed by atoms with E-state index in [-0.39, 0.29) is 0 Å². The molecule has 0 atom stereocenters. The maximum Gasteiger partial charge on any atom is 0.135 e. The van der Waals surface area contributed by atoms with Crippen LogP contribution in [-0.2, 0) is 4.74 Å². The van der Waals surface area contributed by atoms with Gasteiger partial charge in [-0.1, -0.05) is 11.3 Å². The molecule has 5 heteroatoms. The van der Waals surface area contributed by atoms with Gasteiger partial charge in [-0.25, -0.2) is 0 Å². The van der Waals surface area contributed by atoms with Crippen molar-refractivity contribution in [1.29, 1.82) is 0 Å². The van der Waals surface area contributed by atoms with Gasteiger partial charge in [0.15, 0.2) is 0 Å². The molecule has 15 heavy (non-hydrogen) atoms. The van der Waals surface area contributed by atoms with Gasteiger partial charge in [0.05, 0.1) is 25.0 Å². The van der Waals surface area contributed by atoms with Gasteiger partial charge in [0, 0.05) is 6.20 Å². The predicted octanol–water partition coefficient (Wildman–Crippen LogP) is 0.753. The molecule has 0 unspecified atom stereocenters. The van der Waals surface area contributed by atoms with Crippen molar-refractivity contribution in [2.24, 2.45) is 0 Å². The van der Waals surface area contributed by atoms with E-state index in [0.717, 1.165) is 5.69 Å². The second-order valence-corrected chi connectivity index (χ2v) is 2.68. The van der Waals surface area contributed by atoms with Gasteiger partial charge in [-0.05, 0) is 12.1 Å². The van der Waals surface area contributed by atoms with E-state index >= 15 is 0 Å². The van der Waals surface area contributed by atoms with Crippen LogP contribution in [0.2, 0.25) is 0 Å². The maximum absolute atomic E-state index is 4.60. The molecule has 2 aromatic rings. The SMILES string of the molecule is COC#Cn1cc(-c2ccccn2)nn1. The van der Waals surface area contributed by atoms with Crippen molar-refractivity contribution in [3.8, 4) is 23.5 Å². The molecule has 0 radical (unpaired) electrons. The molecule has 0 amide bonds. The summed E-state index contributed by atoms with van der Waals surface area (Å²) in [5.41, 5.74) is 1.45. The highest BCUT2D eigenvalue weighted by Gasteiger charge is 2.02. The van der Waals surface area contributed by atoms with Crippen molar-refractivity contribution >= 4 is 0 Å². The van der Waals surface area contributed by atoms with Gasteiger partial charge in [0.25, 0.3) is 0 Å². The van der Waals surface area contributed by atoms with Crippen LogP contribution >= 0.6 is 0 Å². The first-order valence-corrected chi connectivity index (χ1v) is 4.28. The van der Waals surface area contributed by atoms with E-state index < -0.39 is 0 Å². The molecule has 2 heterocycles. The number of pyridine rings is 1. The fourth-order valence-electron chi connectivity index (χ4n) is 1.04. The minimum atomic E-state index is 0.681. The quantitative estimate of drug-likeness (QED) is 0.637. The zero-order valence-electron chi connectivity index (χ0n) is 8.08. The van der Waals surface area contributed by atoms with Crippen LogP contribution in [0, 0.1) is 12.2 Å². The predicted molar refractivity (Wildman–Crippen MR) is 53.4 cm³/mol. The van der Waals surface area contributed by atoms with Crippen LogP contribution in [0.1, 0.15) is 0 Å². The molecular formula is C10H8N4O. The minimum Gasteiger partial charge on any atom is -0.449 e. The van der Waals surface area contributed by atoms with E-state index in [1.807, 2.05) is 18.2 Å². The lowest BCUT2D eigenvalue weighted by Crippen LogP contribution is -1.88. The van der Waals surface area contributed by atoms with Crippen LogP contribution in [0.3, 0.4) is 0 Å². The molecule has 0 aliphatic carbocycles. The molecule has 0 N–H and O–H groups in total. The molecule has 0 bridgehead atoms. The van der Waals surface area contributed by atoms with Crippen molar-refractivity contribution in [3.63, 3.8) is 0 Å². The number of methoxy groups -OCH3 is 1. The highest BCUT2D eigenvalue weighted by molar-refractivity contribution is 5.51. The molecular weight excluding hydrogens is 192 g/mol. The molecule has 0 fully saturated rings. The van der Waals surface area contributed by atoms with Crippen molar-refractivity contribution in [3.05, 3.63) is 30.6 Å². The third kappa shape index (κ3) is 2.11. The number of aromatic nitrogens is 4. The van der Waals surface area contributed by atoms with Gasteiger partial charge in [0.2, 0.25) is 0 Å². The van der Waals surface area contributed by atoms with Crippen LogP contribution in [0.5, 0.6) is 0 Å². The number of nitrogens with zero attached hydrogens (tertiary/aromatic N) is 4. The van der Waals surface area contributed by atoms with Crippen LogP contribution in [0.15, 0.2) is 30.6 Å². The van der Waals surface area contributed by atoms with Gasteiger partial charge in [-0.2, -0.15) is 4.68 Å². The van der Waals surface area contributed by atoms with Gasteiger partial charge in [0.1, 0.15) is 11.8 Å². The highest BCUT2D eigenvalue weighted by atomic mass is 16.5. The van der Waals surface area contributed by atoms with E-state index in [1.165, 1.54) is 11.8 Å². The average Bonchev–Trinajstić information content (AvgIpc) is 2.76. The summed E-state index contributed by atoms with van der Waals surface area (Å²) in [5.74, 6) is 0. The van der Waals surface area contributed by atoms with Crippen LogP contribution in [0.25, 0.3) is 11.4 Å². The summed E-state index contributed by atoms with van der Waals surface area (Å²) in [6, 6.07) is 8.22. The normalized spacial score (nSPS) is 9.13. The highest BCUT2D eigenvalue weighted by Crippen LogP contribution is 2.10. The Kier molecular flexibility index (Phi) is 2.61. The Labute approximate surface area is 86.7 Å². The Morgan fingerprint density at radius 1 is 1.33 bits per heavy atom. The van der Waals surface area contributed by atoms with E-state index in [4.69, 9.17) is 0 Å². The standard InChI is InChI=1S/C10H8N4O/c1-15-7-6-14-8-10(12-13-14)9-4-2-3-5-11-9/h2-5,8H,1H3. The van der Waals surface area contributed by atoms with E-state index in [2.05, 4.69) is 32.2 Å². The summed E-state index contributed by atoms with van der Waals surface area (Å²) in [4.78, 5) is 4.15. The Hall–Kier alpha value is -2.35. The fourth-order valence-corrected chi connectivity index (χ4v) is 1.04. The van der Waals surface area contributed by atoms with Gasteiger partial charge < -0.3 is 4.74 Å². The van der Waals surface area contributed by atoms with Crippen molar-refractivity contribution in [2.45, 2.75) is 0 Å². The third-order valence-corrected chi connectivity index (χ3v) is 1.68. The van der Waals surface area contributed by atoms with Gasteiger partial charge in [-0.3, -0.25) is 4.98 Å². The molecule has 0 aliphatic rings. The molecule has 2 aromatic heterocycles. The Morgan fingerprint density at radius 3 is 3.00 bits per heavy atom. The zero-order chi connectivity index (χ0) is 10.5. The molecule has 2 rings (SSSR count). The summed E-state index contributed by atoms with van der Waals surface area (Å²) in [7, 11) is 1.49. The average molecular weight is 200 g/mol. The molecule has 0 spiro atoms. The monoisotopic (exact) mass is 200 g/mol. The summed E-state index contributed by atoms with van der Waals surface area (Å²) in [6.45, 7) is 0. The lowest BCUT2D eigenvalue weighted by atomic mass is 10.3. The Morgan fingerprint density at radius 2 is 2.27 bits per heavy atom. The van der Waals surface area contributed by atoms with E-state index in [1.54, 1.807) is 12.4 Å². The summed E-state index contributed by atoms with van der Waals surface area (Å²) < 4.78 is 5.98. The second kappa shape index (κ2) is 4.24. The minimum absolute atomic E-state index is 0.681. The lowest BCUT2D eigenvalue weighted by molar-refractivity contribution is 0.371. The molecule has 5 nitrogen and oxygen atoms in total. The van der Waals surface area contributed by atoms with E-state index in [0.29, 0.717) is 5.69 Å². The first-order chi connectivity index (χ1) is 7.40. The Balaban J connectivity index is 2.28. The Bertz CT molecular complexity index is 495. The van der Waals surface area contributed by atoms with Crippen LogP contribution in [0.4, 0.5) is 0 Å². The molecule has 74 valence electrons. The number of hydrogen-bond donors (Lipinski definition) is 0. The first-order valence-electron chi connectivity index (χ1n) is 4.28. The number of hydrogen-bond acceptors (Lipinski definition) is 4. The molecule has 0 saturated carbocycles. The van der Waals surface area contributed by atoms with Gasteiger partial charge >= 0.3 is 0 Å². The summed E-state index contributed by atoms with van der Waals surface area (Å²) in [6.07, 6.45) is 5.81. The van der Waals surface area contributed by atoms with Gasteiger partial charge in [-0.15, -0.1) is 5.10 Å². The third-order valence-electron chi connectivity index (χ3n) is 1.68. The number of ether oxygens (including phenoxy) is 1. The fraction of sp³-hybridized carbons (Fsp3) is 0.100. The maximum atomic E-state index is 4.60. The van der Waals surface area contributed by atoms with E-state index in [9.17, 15) is 0 Å². The molecule has 0 aromatic carbocycles. The summed E-state index contributed by atoms with van der Waals surface area (Å²) >= 11 is 0. The smallest absolute Gasteiger partial charge is 0.135 e. The molecule has 0 aliphatic heterocycles. The van der Waals surface area contributed by atoms with Crippen LogP contribution in [-0.4, -0.2) is 27.1 Å². The van der Waals surface area contributed by atoms with Crippen molar-refractivity contribution < 1.29 is 4.74 Å². The largest absolute Gasteiger partial charge is 0.449 e. The zero-order valence-corrected chi connectivity index (χ0v) is 8.08. The van der Waals surface area contributed by atoms with Crippen LogP contribution < -0.4 is 0 Å². The lowest BCUT2D eigenvalue weighted by Gasteiger charge is -1.90. The number of rotatable bonds is 1. The van der Waals surface area contributed by atoms with Crippen molar-refractivity contribution in [2.75, 3.05) is 7.11 Å².